The molecule has 2 heterocycles. The third-order valence-corrected chi connectivity index (χ3v) is 5.62. The average Bonchev–Trinajstić information content (AvgIpc) is 3.06. The first kappa shape index (κ1) is 20.8. The lowest BCUT2D eigenvalue weighted by molar-refractivity contribution is -0.148. The first-order valence-electron chi connectivity index (χ1n) is 9.98. The number of benzene rings is 1. The molecule has 2 aliphatic heterocycles. The Hall–Kier alpha value is -1.90. The molecule has 3 N–H and O–H groups in total. The topological polar surface area (TPSA) is 96.9 Å². The van der Waals surface area contributed by atoms with Gasteiger partial charge in [0.1, 0.15) is 6.04 Å². The van der Waals surface area contributed by atoms with Crippen LogP contribution >= 0.6 is 0 Å². The van der Waals surface area contributed by atoms with Gasteiger partial charge in [-0.3, -0.25) is 4.79 Å². The van der Waals surface area contributed by atoms with Gasteiger partial charge in [0, 0.05) is 5.56 Å². The molecule has 0 spiro atoms. The maximum Gasteiger partial charge on any atom is 0.492 e. The van der Waals surface area contributed by atoms with Gasteiger partial charge >= 0.3 is 13.1 Å². The van der Waals surface area contributed by atoms with Crippen LogP contribution < -0.4 is 16.1 Å². The summed E-state index contributed by atoms with van der Waals surface area (Å²) >= 11 is 0. The minimum atomic E-state index is -1.02. The van der Waals surface area contributed by atoms with Crippen LogP contribution in [0.4, 0.5) is 0 Å². The summed E-state index contributed by atoms with van der Waals surface area (Å²) in [4.78, 5) is 25.5. The number of amides is 1. The number of rotatable bonds is 6. The third kappa shape index (κ3) is 4.56. The zero-order valence-electron chi connectivity index (χ0n) is 16.8. The monoisotopic (exact) mass is 388 g/mol. The van der Waals surface area contributed by atoms with Gasteiger partial charge in [0.25, 0.3) is 5.91 Å². The van der Waals surface area contributed by atoms with Crippen molar-refractivity contribution in [2.75, 3.05) is 19.7 Å². The van der Waals surface area contributed by atoms with Gasteiger partial charge in [0.05, 0.1) is 13.2 Å². The second-order valence-electron chi connectivity index (χ2n) is 7.99. The molecule has 3 rings (SSSR count). The van der Waals surface area contributed by atoms with E-state index in [4.69, 9.17) is 9.39 Å². The van der Waals surface area contributed by atoms with Crippen molar-refractivity contribution in [2.45, 2.75) is 46.3 Å². The number of hydrogen-bond acceptors (Lipinski definition) is 6. The molecular weight excluding hydrogens is 359 g/mol. The summed E-state index contributed by atoms with van der Waals surface area (Å²) < 4.78 is 10.8. The molecule has 1 atom stereocenters. The van der Waals surface area contributed by atoms with Crippen LogP contribution in [-0.2, 0) is 20.8 Å². The van der Waals surface area contributed by atoms with E-state index in [1.165, 1.54) is 0 Å². The Morgan fingerprint density at radius 1 is 1.36 bits per heavy atom. The Balaban J connectivity index is 1.66. The number of fused-ring (bicyclic) bond motifs is 1. The predicted molar refractivity (Wildman–Crippen MR) is 106 cm³/mol. The molecule has 0 aliphatic carbocycles. The van der Waals surface area contributed by atoms with Crippen LogP contribution in [0.25, 0.3) is 0 Å². The molecule has 0 saturated carbocycles. The smallest absolute Gasteiger partial charge is 0.464 e. The molecule has 0 radical (unpaired) electrons. The predicted octanol–water partition coefficient (Wildman–Crippen LogP) is 0.510. The molecule has 2 aliphatic rings. The minimum absolute atomic E-state index is 0.104. The summed E-state index contributed by atoms with van der Waals surface area (Å²) in [6.07, 6.45) is 1.98. The lowest BCUT2D eigenvalue weighted by Gasteiger charge is -2.25. The van der Waals surface area contributed by atoms with Crippen LogP contribution in [0.1, 0.15) is 48.2 Å². The normalized spacial score (nSPS) is 18.1. The van der Waals surface area contributed by atoms with E-state index in [0.717, 1.165) is 31.5 Å². The number of ether oxygens (including phenoxy) is 1. The van der Waals surface area contributed by atoms with Gasteiger partial charge in [0.15, 0.2) is 0 Å². The van der Waals surface area contributed by atoms with Crippen molar-refractivity contribution in [3.8, 4) is 0 Å². The molecule has 28 heavy (non-hydrogen) atoms. The lowest BCUT2D eigenvalue weighted by Crippen LogP contribution is -2.46. The van der Waals surface area contributed by atoms with E-state index in [1.807, 2.05) is 13.8 Å². The Bertz CT molecular complexity index is 734. The molecule has 7 nitrogen and oxygen atoms in total. The lowest BCUT2D eigenvalue weighted by atomic mass is 9.75. The van der Waals surface area contributed by atoms with Gasteiger partial charge in [-0.2, -0.15) is 0 Å². The summed E-state index contributed by atoms with van der Waals surface area (Å²) in [5, 5.41) is 16.1. The fourth-order valence-electron chi connectivity index (χ4n) is 3.81. The SMILES string of the molecule is Cc1c(C(=O)NC(C(=O)OCC2CCNCC2)C(C)C)ccc2c1B(O)OC2. The summed E-state index contributed by atoms with van der Waals surface area (Å²) in [6.45, 7) is 8.15. The molecule has 0 aromatic heterocycles. The summed E-state index contributed by atoms with van der Waals surface area (Å²) in [5.74, 6) is -0.483. The molecule has 1 aromatic carbocycles. The Morgan fingerprint density at radius 3 is 2.75 bits per heavy atom. The van der Waals surface area contributed by atoms with Crippen LogP contribution in [0.5, 0.6) is 0 Å². The highest BCUT2D eigenvalue weighted by Crippen LogP contribution is 2.17. The van der Waals surface area contributed by atoms with Gasteiger partial charge in [-0.25, -0.2) is 4.79 Å². The van der Waals surface area contributed by atoms with Crippen LogP contribution in [0, 0.1) is 18.8 Å². The van der Waals surface area contributed by atoms with Gasteiger partial charge in [-0.15, -0.1) is 0 Å². The van der Waals surface area contributed by atoms with E-state index in [1.54, 1.807) is 19.1 Å². The largest absolute Gasteiger partial charge is 0.492 e. The standard InChI is InChI=1S/C20H29BN2O5/c1-12(2)18(20(25)27-10-14-6-8-22-9-7-14)23-19(24)16-5-4-15-11-28-21(26)17(15)13(16)3/h4-5,12,14,18,22,26H,6-11H2,1-3H3,(H,23,24). The van der Waals surface area contributed by atoms with E-state index in [-0.39, 0.29) is 11.8 Å². The third-order valence-electron chi connectivity index (χ3n) is 5.62. The molecular formula is C20H29BN2O5. The zero-order chi connectivity index (χ0) is 20.3. The first-order chi connectivity index (χ1) is 13.4. The molecule has 1 aromatic rings. The van der Waals surface area contributed by atoms with Crippen molar-refractivity contribution in [3.05, 3.63) is 28.8 Å². The fraction of sp³-hybridized carbons (Fsp3) is 0.600. The highest BCUT2D eigenvalue weighted by molar-refractivity contribution is 6.62. The quantitative estimate of drug-likeness (QED) is 0.486. The number of hydrogen-bond donors (Lipinski definition) is 3. The molecule has 152 valence electrons. The fourth-order valence-corrected chi connectivity index (χ4v) is 3.81. The van der Waals surface area contributed by atoms with Crippen molar-refractivity contribution < 1.29 is 24.0 Å². The molecule has 1 saturated heterocycles. The molecule has 8 heteroatoms. The van der Waals surface area contributed by atoms with E-state index >= 15 is 0 Å². The molecule has 0 bridgehead atoms. The Labute approximate surface area is 166 Å². The number of carbonyl (C=O) groups is 2. The van der Waals surface area contributed by atoms with Gasteiger partial charge in [0.2, 0.25) is 0 Å². The number of nitrogens with one attached hydrogen (secondary N) is 2. The summed E-state index contributed by atoms with van der Waals surface area (Å²) in [5.41, 5.74) is 2.62. The van der Waals surface area contributed by atoms with Gasteiger partial charge in [-0.05, 0) is 67.3 Å². The van der Waals surface area contributed by atoms with Crippen molar-refractivity contribution in [2.24, 2.45) is 11.8 Å². The highest BCUT2D eigenvalue weighted by atomic mass is 16.5. The zero-order valence-corrected chi connectivity index (χ0v) is 16.8. The average molecular weight is 388 g/mol. The highest BCUT2D eigenvalue weighted by Gasteiger charge is 2.32. The van der Waals surface area contributed by atoms with Crippen LogP contribution in [0.2, 0.25) is 0 Å². The minimum Gasteiger partial charge on any atom is -0.464 e. The number of esters is 1. The van der Waals surface area contributed by atoms with Gasteiger partial charge < -0.3 is 25.0 Å². The van der Waals surface area contributed by atoms with Crippen LogP contribution in [-0.4, -0.2) is 49.8 Å². The van der Waals surface area contributed by atoms with Gasteiger partial charge in [-0.1, -0.05) is 19.9 Å². The Kier molecular flexibility index (Phi) is 6.75. The second kappa shape index (κ2) is 9.07. The first-order valence-corrected chi connectivity index (χ1v) is 9.98. The maximum absolute atomic E-state index is 12.8. The van der Waals surface area contributed by atoms with Crippen LogP contribution in [0.3, 0.4) is 0 Å². The molecule has 1 amide bonds. The second-order valence-corrected chi connectivity index (χ2v) is 7.99. The number of piperidine rings is 1. The maximum atomic E-state index is 12.8. The van der Waals surface area contributed by atoms with E-state index in [2.05, 4.69) is 10.6 Å². The summed E-state index contributed by atoms with van der Waals surface area (Å²) in [7, 11) is -1.02. The van der Waals surface area contributed by atoms with Crippen molar-refractivity contribution in [1.82, 2.24) is 10.6 Å². The summed E-state index contributed by atoms with van der Waals surface area (Å²) in [6, 6.07) is 2.78. The van der Waals surface area contributed by atoms with Crippen molar-refractivity contribution in [3.63, 3.8) is 0 Å². The molecule has 1 unspecified atom stereocenters. The number of carbonyl (C=O) groups excluding carboxylic acids is 2. The van der Waals surface area contributed by atoms with Crippen molar-refractivity contribution >= 4 is 24.5 Å². The molecule has 1 fully saturated rings. The van der Waals surface area contributed by atoms with E-state index < -0.39 is 19.1 Å². The van der Waals surface area contributed by atoms with E-state index in [9.17, 15) is 14.6 Å². The van der Waals surface area contributed by atoms with Crippen molar-refractivity contribution in [1.29, 1.82) is 0 Å². The van der Waals surface area contributed by atoms with Crippen LogP contribution in [0.15, 0.2) is 12.1 Å². The Morgan fingerprint density at radius 2 is 2.07 bits per heavy atom. The van der Waals surface area contributed by atoms with E-state index in [0.29, 0.717) is 35.7 Å².